The first kappa shape index (κ1) is 23.9. The van der Waals surface area contributed by atoms with E-state index in [1.807, 2.05) is 26.0 Å². The van der Waals surface area contributed by atoms with E-state index >= 15 is 0 Å². The average Bonchev–Trinajstić information content (AvgIpc) is 3.22. The van der Waals surface area contributed by atoms with Gasteiger partial charge in [0, 0.05) is 29.6 Å². The number of hydrogen-bond acceptors (Lipinski definition) is 6. The molecule has 8 nitrogen and oxygen atoms in total. The van der Waals surface area contributed by atoms with Gasteiger partial charge in [0.05, 0.1) is 11.4 Å². The van der Waals surface area contributed by atoms with Crippen LogP contribution in [0, 0.1) is 0 Å². The highest BCUT2D eigenvalue weighted by Crippen LogP contribution is 2.19. The van der Waals surface area contributed by atoms with Crippen LogP contribution in [0.2, 0.25) is 5.02 Å². The number of halogens is 1. The average molecular weight is 477 g/mol. The Kier molecular flexibility index (Phi) is 7.65. The SMILES string of the molecule is CCN(CC(=O)Nc1ccc(Cc2noc(C(C)C)n2)cc1)S(=O)(=O)c1ccc(Cl)cc1. The number of amides is 1. The Morgan fingerprint density at radius 1 is 1.12 bits per heavy atom. The lowest BCUT2D eigenvalue weighted by molar-refractivity contribution is -0.116. The second kappa shape index (κ2) is 10.2. The van der Waals surface area contributed by atoms with Gasteiger partial charge < -0.3 is 9.84 Å². The van der Waals surface area contributed by atoms with Crippen LogP contribution in [-0.4, -0.2) is 41.9 Å². The van der Waals surface area contributed by atoms with E-state index in [2.05, 4.69) is 15.5 Å². The fourth-order valence-corrected chi connectivity index (χ4v) is 4.48. The molecule has 1 aromatic heterocycles. The first-order valence-corrected chi connectivity index (χ1v) is 12.0. The number of likely N-dealkylation sites (N-methyl/N-ethyl adjacent to an activating group) is 1. The topological polar surface area (TPSA) is 105 Å². The summed E-state index contributed by atoms with van der Waals surface area (Å²) in [6.07, 6.45) is 0.507. The molecule has 0 aliphatic rings. The number of sulfonamides is 1. The summed E-state index contributed by atoms with van der Waals surface area (Å²) in [6.45, 7) is 5.49. The van der Waals surface area contributed by atoms with Gasteiger partial charge in [0.2, 0.25) is 21.8 Å². The Labute approximate surface area is 192 Å². The monoisotopic (exact) mass is 476 g/mol. The second-order valence-corrected chi connectivity index (χ2v) is 9.88. The number of aromatic nitrogens is 2. The molecule has 0 unspecified atom stereocenters. The van der Waals surface area contributed by atoms with Gasteiger partial charge in [-0.2, -0.15) is 9.29 Å². The minimum absolute atomic E-state index is 0.0861. The van der Waals surface area contributed by atoms with Gasteiger partial charge in [0.1, 0.15) is 0 Å². The normalized spacial score (nSPS) is 11.8. The first-order valence-electron chi connectivity index (χ1n) is 10.2. The summed E-state index contributed by atoms with van der Waals surface area (Å²) in [4.78, 5) is 16.9. The maximum atomic E-state index is 12.8. The van der Waals surface area contributed by atoms with Crippen LogP contribution < -0.4 is 5.32 Å². The van der Waals surface area contributed by atoms with E-state index < -0.39 is 15.9 Å². The molecule has 1 amide bonds. The van der Waals surface area contributed by atoms with Gasteiger partial charge in [-0.05, 0) is 42.0 Å². The Bertz CT molecular complexity index is 1160. The number of carbonyl (C=O) groups is 1. The highest BCUT2D eigenvalue weighted by atomic mass is 35.5. The van der Waals surface area contributed by atoms with E-state index in [4.69, 9.17) is 16.1 Å². The van der Waals surface area contributed by atoms with Gasteiger partial charge in [0.15, 0.2) is 5.82 Å². The van der Waals surface area contributed by atoms with Crippen molar-refractivity contribution in [2.45, 2.75) is 38.0 Å². The van der Waals surface area contributed by atoms with Crippen LogP contribution in [0.3, 0.4) is 0 Å². The molecule has 10 heteroatoms. The molecule has 0 saturated carbocycles. The highest BCUT2D eigenvalue weighted by molar-refractivity contribution is 7.89. The minimum atomic E-state index is -3.81. The molecular weight excluding hydrogens is 452 g/mol. The molecule has 170 valence electrons. The molecule has 0 atom stereocenters. The number of nitrogens with one attached hydrogen (secondary N) is 1. The van der Waals surface area contributed by atoms with Crippen molar-refractivity contribution in [1.82, 2.24) is 14.4 Å². The van der Waals surface area contributed by atoms with E-state index in [1.165, 1.54) is 24.3 Å². The molecule has 0 bridgehead atoms. The maximum absolute atomic E-state index is 12.8. The van der Waals surface area contributed by atoms with Crippen molar-refractivity contribution in [2.75, 3.05) is 18.4 Å². The Morgan fingerprint density at radius 2 is 1.78 bits per heavy atom. The molecular formula is C22H25ClN4O4S. The summed E-state index contributed by atoms with van der Waals surface area (Å²) in [5.74, 6) is 0.923. The number of nitrogens with zero attached hydrogens (tertiary/aromatic N) is 3. The molecule has 1 heterocycles. The van der Waals surface area contributed by atoms with Crippen LogP contribution in [0.4, 0.5) is 5.69 Å². The first-order chi connectivity index (χ1) is 15.2. The van der Waals surface area contributed by atoms with Crippen LogP contribution in [-0.2, 0) is 21.2 Å². The fraction of sp³-hybridized carbons (Fsp3) is 0.318. The molecule has 2 aromatic carbocycles. The Balaban J connectivity index is 1.61. The third-order valence-electron chi connectivity index (χ3n) is 4.70. The zero-order valence-corrected chi connectivity index (χ0v) is 19.7. The van der Waals surface area contributed by atoms with Crippen molar-refractivity contribution in [3.05, 3.63) is 70.8 Å². The van der Waals surface area contributed by atoms with E-state index in [0.29, 0.717) is 28.8 Å². The van der Waals surface area contributed by atoms with Crippen molar-refractivity contribution in [1.29, 1.82) is 0 Å². The van der Waals surface area contributed by atoms with Gasteiger partial charge in [-0.15, -0.1) is 0 Å². The third kappa shape index (κ3) is 5.93. The lowest BCUT2D eigenvalue weighted by Crippen LogP contribution is -2.37. The van der Waals surface area contributed by atoms with Crippen molar-refractivity contribution in [3.8, 4) is 0 Å². The lowest BCUT2D eigenvalue weighted by Gasteiger charge is -2.20. The largest absolute Gasteiger partial charge is 0.339 e. The Morgan fingerprint density at radius 3 is 2.34 bits per heavy atom. The smallest absolute Gasteiger partial charge is 0.243 e. The summed E-state index contributed by atoms with van der Waals surface area (Å²) >= 11 is 5.84. The molecule has 0 aliphatic heterocycles. The molecule has 0 radical (unpaired) electrons. The van der Waals surface area contributed by atoms with Crippen LogP contribution in [0.5, 0.6) is 0 Å². The van der Waals surface area contributed by atoms with E-state index in [9.17, 15) is 13.2 Å². The third-order valence-corrected chi connectivity index (χ3v) is 6.89. The van der Waals surface area contributed by atoms with Crippen molar-refractivity contribution < 1.29 is 17.7 Å². The summed E-state index contributed by atoms with van der Waals surface area (Å²) in [6, 6.07) is 13.0. The van der Waals surface area contributed by atoms with Crippen LogP contribution >= 0.6 is 11.6 Å². The molecule has 0 aliphatic carbocycles. The molecule has 3 aromatic rings. The van der Waals surface area contributed by atoms with E-state index in [1.54, 1.807) is 19.1 Å². The maximum Gasteiger partial charge on any atom is 0.243 e. The Hall–Kier alpha value is -2.75. The number of carbonyl (C=O) groups excluding carboxylic acids is 1. The van der Waals surface area contributed by atoms with Crippen molar-refractivity contribution >= 4 is 33.2 Å². The molecule has 32 heavy (non-hydrogen) atoms. The summed E-state index contributed by atoms with van der Waals surface area (Å²) in [5.41, 5.74) is 1.52. The van der Waals surface area contributed by atoms with Crippen LogP contribution in [0.25, 0.3) is 0 Å². The van der Waals surface area contributed by atoms with E-state index in [-0.39, 0.29) is 23.9 Å². The number of rotatable bonds is 9. The number of benzene rings is 2. The molecule has 3 rings (SSSR count). The summed E-state index contributed by atoms with van der Waals surface area (Å²) < 4.78 is 31.9. The molecule has 0 spiro atoms. The van der Waals surface area contributed by atoms with Crippen molar-refractivity contribution in [3.63, 3.8) is 0 Å². The van der Waals surface area contributed by atoms with Gasteiger partial charge in [-0.25, -0.2) is 8.42 Å². The predicted octanol–water partition coefficient (Wildman–Crippen LogP) is 4.09. The fourth-order valence-electron chi connectivity index (χ4n) is 2.95. The highest BCUT2D eigenvalue weighted by Gasteiger charge is 2.25. The number of hydrogen-bond donors (Lipinski definition) is 1. The minimum Gasteiger partial charge on any atom is -0.339 e. The predicted molar refractivity (Wildman–Crippen MR) is 122 cm³/mol. The van der Waals surface area contributed by atoms with Gasteiger partial charge >= 0.3 is 0 Å². The van der Waals surface area contributed by atoms with Gasteiger partial charge in [-0.1, -0.05) is 49.7 Å². The van der Waals surface area contributed by atoms with Gasteiger partial charge in [-0.3, -0.25) is 4.79 Å². The molecule has 1 N–H and O–H groups in total. The molecule has 0 saturated heterocycles. The zero-order chi connectivity index (χ0) is 23.3. The van der Waals surface area contributed by atoms with E-state index in [0.717, 1.165) is 9.87 Å². The lowest BCUT2D eigenvalue weighted by atomic mass is 10.1. The zero-order valence-electron chi connectivity index (χ0n) is 18.1. The van der Waals surface area contributed by atoms with Crippen LogP contribution in [0.15, 0.2) is 57.9 Å². The standard InChI is InChI=1S/C22H25ClN4O4S/c1-4-27(32(29,30)19-11-7-17(23)8-12-19)14-21(28)24-18-9-5-16(6-10-18)13-20-25-22(15(2)3)31-26-20/h5-12,15H,4,13-14H2,1-3H3,(H,24,28). The van der Waals surface area contributed by atoms with Crippen LogP contribution in [0.1, 0.15) is 44.0 Å². The molecule has 0 fully saturated rings. The van der Waals surface area contributed by atoms with Gasteiger partial charge in [0.25, 0.3) is 0 Å². The van der Waals surface area contributed by atoms with Crippen molar-refractivity contribution in [2.24, 2.45) is 0 Å². The number of anilines is 1. The summed E-state index contributed by atoms with van der Waals surface area (Å²) in [7, 11) is -3.81. The summed E-state index contributed by atoms with van der Waals surface area (Å²) in [5, 5.41) is 7.14. The quantitative estimate of drug-likeness (QED) is 0.498. The second-order valence-electron chi connectivity index (χ2n) is 7.51.